The van der Waals surface area contributed by atoms with E-state index in [1.165, 1.54) is 85.0 Å². The first-order valence-corrected chi connectivity index (χ1v) is 20.8. The highest BCUT2D eigenvalue weighted by atomic mass is 32.1. The van der Waals surface area contributed by atoms with E-state index in [1.807, 2.05) is 29.5 Å². The fourth-order valence-corrected chi connectivity index (χ4v) is 10.8. The van der Waals surface area contributed by atoms with E-state index in [-0.39, 0.29) is 0 Å². The molecule has 0 fully saturated rings. The maximum Gasteiger partial charge on any atom is 0.164 e. The number of hydrogen-bond acceptors (Lipinski definition) is 4. The number of rotatable bonds is 4. The summed E-state index contributed by atoms with van der Waals surface area (Å²) in [6.45, 7) is 0. The molecule has 0 saturated heterocycles. The Balaban J connectivity index is 1.09. The number of fused-ring (bicyclic) bond motifs is 5. The Morgan fingerprint density at radius 3 is 1.49 bits per heavy atom. The fraction of sp³-hybridized carbons (Fsp3) is 0. The van der Waals surface area contributed by atoms with E-state index >= 15 is 0 Å². The van der Waals surface area contributed by atoms with Gasteiger partial charge >= 0.3 is 0 Å². The summed E-state index contributed by atoms with van der Waals surface area (Å²) in [5.74, 6) is 1.93. The van der Waals surface area contributed by atoms with Crippen LogP contribution in [-0.4, -0.2) is 15.0 Å². The first-order valence-electron chi connectivity index (χ1n) is 20.0. The fourth-order valence-electron chi connectivity index (χ4n) is 9.56. The van der Waals surface area contributed by atoms with Gasteiger partial charge in [-0.2, -0.15) is 0 Å². The minimum Gasteiger partial charge on any atom is -0.208 e. The van der Waals surface area contributed by atoms with Crippen LogP contribution in [0, 0.1) is 0 Å². The molecule has 0 amide bonds. The second-order valence-corrected chi connectivity index (χ2v) is 16.5. The minimum atomic E-state index is 0.642. The zero-order valence-corrected chi connectivity index (χ0v) is 32.5. The molecule has 0 saturated carbocycles. The quantitative estimate of drug-likeness (QED) is 0.168. The lowest BCUT2D eigenvalue weighted by Gasteiger charge is -2.17. The molecular formula is C55H31N3S. The number of benzene rings is 10. The predicted octanol–water partition coefficient (Wildman–Crippen LogP) is 15.3. The third-order valence-corrected chi connectivity index (χ3v) is 13.4. The molecule has 0 N–H and O–H groups in total. The van der Waals surface area contributed by atoms with E-state index in [0.717, 1.165) is 27.6 Å². The van der Waals surface area contributed by atoms with Crippen molar-refractivity contribution in [1.29, 1.82) is 0 Å². The molecule has 0 unspecified atom stereocenters. The average Bonchev–Trinajstić information content (AvgIpc) is 3.69. The third kappa shape index (κ3) is 4.91. The molecule has 0 bridgehead atoms. The second-order valence-electron chi connectivity index (χ2n) is 15.5. The molecule has 2 aromatic heterocycles. The summed E-state index contributed by atoms with van der Waals surface area (Å²) in [7, 11) is 0. The van der Waals surface area contributed by atoms with Crippen molar-refractivity contribution in [2.45, 2.75) is 0 Å². The SMILES string of the molecule is c1ccc(-c2nc(-c3cccc(-c4cccc5c4sc4ccccc45)c3)nc(-c3cc4ccc5cccc6c7cccc8ccc9cccc(c(c3)c4c56)c9c87)n2)cc1. The average molecular weight is 766 g/mol. The van der Waals surface area contributed by atoms with E-state index in [0.29, 0.717) is 17.5 Å². The molecule has 0 radical (unpaired) electrons. The molecule has 59 heavy (non-hydrogen) atoms. The Morgan fingerprint density at radius 2 is 0.780 bits per heavy atom. The molecule has 272 valence electrons. The minimum absolute atomic E-state index is 0.642. The Kier molecular flexibility index (Phi) is 6.89. The van der Waals surface area contributed by atoms with Crippen LogP contribution >= 0.6 is 11.3 Å². The van der Waals surface area contributed by atoms with Crippen LogP contribution in [0.25, 0.3) is 130 Å². The van der Waals surface area contributed by atoms with Gasteiger partial charge in [0.2, 0.25) is 0 Å². The van der Waals surface area contributed by atoms with Crippen LogP contribution in [0.3, 0.4) is 0 Å². The monoisotopic (exact) mass is 765 g/mol. The highest BCUT2D eigenvalue weighted by Gasteiger charge is 2.19. The number of hydrogen-bond donors (Lipinski definition) is 0. The summed E-state index contributed by atoms with van der Waals surface area (Å²) in [6.07, 6.45) is 0. The smallest absolute Gasteiger partial charge is 0.164 e. The van der Waals surface area contributed by atoms with Gasteiger partial charge in [0.1, 0.15) is 0 Å². The van der Waals surface area contributed by atoms with E-state index in [9.17, 15) is 0 Å². The van der Waals surface area contributed by atoms with Crippen molar-refractivity contribution in [2.24, 2.45) is 0 Å². The highest BCUT2D eigenvalue weighted by molar-refractivity contribution is 7.26. The maximum atomic E-state index is 5.34. The van der Waals surface area contributed by atoms with Crippen molar-refractivity contribution in [3.63, 3.8) is 0 Å². The summed E-state index contributed by atoms with van der Waals surface area (Å²) >= 11 is 1.85. The lowest BCUT2D eigenvalue weighted by Crippen LogP contribution is -2.00. The van der Waals surface area contributed by atoms with Crippen LogP contribution in [0.2, 0.25) is 0 Å². The zero-order chi connectivity index (χ0) is 38.6. The van der Waals surface area contributed by atoms with Crippen molar-refractivity contribution < 1.29 is 0 Å². The molecule has 4 heteroatoms. The Hall–Kier alpha value is -7.53. The number of thiophene rings is 1. The van der Waals surface area contributed by atoms with Gasteiger partial charge in [-0.05, 0) is 100 Å². The van der Waals surface area contributed by atoms with Crippen molar-refractivity contribution in [3.8, 4) is 45.3 Å². The molecule has 11 aromatic carbocycles. The van der Waals surface area contributed by atoms with E-state index in [2.05, 4.69) is 170 Å². The van der Waals surface area contributed by atoms with Gasteiger partial charge in [-0.3, -0.25) is 0 Å². The summed E-state index contributed by atoms with van der Waals surface area (Å²) < 4.78 is 2.58. The van der Waals surface area contributed by atoms with Crippen molar-refractivity contribution in [3.05, 3.63) is 188 Å². The van der Waals surface area contributed by atoms with E-state index < -0.39 is 0 Å². The second kappa shape index (κ2) is 12.5. The number of nitrogens with zero attached hydrogens (tertiary/aromatic N) is 3. The van der Waals surface area contributed by atoms with Crippen molar-refractivity contribution >= 4 is 96.1 Å². The topological polar surface area (TPSA) is 38.7 Å². The van der Waals surface area contributed by atoms with Gasteiger partial charge in [0.05, 0.1) is 0 Å². The van der Waals surface area contributed by atoms with Gasteiger partial charge in [-0.1, -0.05) is 164 Å². The van der Waals surface area contributed by atoms with Gasteiger partial charge in [0.25, 0.3) is 0 Å². The summed E-state index contributed by atoms with van der Waals surface area (Å²) in [5, 5.41) is 17.5. The first-order chi connectivity index (χ1) is 29.2. The standard InChI is InChI=1S/C55H31N3S/c1-2-11-35(12-3-1)53-56-54(38-17-6-16-36(29-38)40-19-10-23-45-41-18-4-5-24-47(41)59-52(40)45)58-55(57-53)39-30-37-28-27-34-14-8-21-43-42-20-7-13-32-25-26-33-15-9-22-44(50(33)48(32)42)46(31-39)51(37)49(34)43/h1-31H. The van der Waals surface area contributed by atoms with Crippen LogP contribution in [-0.2, 0) is 0 Å². The number of aromatic nitrogens is 3. The molecule has 13 rings (SSSR count). The Morgan fingerprint density at radius 1 is 0.288 bits per heavy atom. The Labute approximate surface area is 342 Å². The molecule has 0 aliphatic rings. The lowest BCUT2D eigenvalue weighted by atomic mass is 9.87. The summed E-state index contributed by atoms with van der Waals surface area (Å²) in [4.78, 5) is 15.8. The summed E-state index contributed by atoms with van der Waals surface area (Å²) in [5.41, 5.74) is 5.19. The molecular weight excluding hydrogens is 735 g/mol. The summed E-state index contributed by atoms with van der Waals surface area (Å²) in [6, 6.07) is 68.1. The first kappa shape index (κ1) is 32.5. The van der Waals surface area contributed by atoms with Crippen molar-refractivity contribution in [1.82, 2.24) is 15.0 Å². The molecule has 0 aliphatic carbocycles. The van der Waals surface area contributed by atoms with Gasteiger partial charge < -0.3 is 0 Å². The van der Waals surface area contributed by atoms with Gasteiger partial charge in [0.15, 0.2) is 17.5 Å². The normalized spacial score (nSPS) is 12.1. The predicted molar refractivity (Wildman–Crippen MR) is 251 cm³/mol. The van der Waals surface area contributed by atoms with Gasteiger partial charge in [-0.25, -0.2) is 15.0 Å². The molecule has 2 heterocycles. The van der Waals surface area contributed by atoms with Gasteiger partial charge in [-0.15, -0.1) is 11.3 Å². The molecule has 0 aliphatic heterocycles. The highest BCUT2D eigenvalue weighted by Crippen LogP contribution is 2.45. The van der Waals surface area contributed by atoms with Crippen LogP contribution in [0.4, 0.5) is 0 Å². The molecule has 3 nitrogen and oxygen atoms in total. The maximum absolute atomic E-state index is 5.34. The third-order valence-electron chi connectivity index (χ3n) is 12.2. The van der Waals surface area contributed by atoms with Crippen LogP contribution in [0.1, 0.15) is 0 Å². The molecule has 0 atom stereocenters. The van der Waals surface area contributed by atoms with Gasteiger partial charge in [0, 0.05) is 36.9 Å². The van der Waals surface area contributed by atoms with Crippen LogP contribution in [0.5, 0.6) is 0 Å². The van der Waals surface area contributed by atoms with Crippen molar-refractivity contribution in [2.75, 3.05) is 0 Å². The molecule has 0 spiro atoms. The molecule has 13 aromatic rings. The Bertz CT molecular complexity index is 3840. The van der Waals surface area contributed by atoms with E-state index in [1.54, 1.807) is 0 Å². The lowest BCUT2D eigenvalue weighted by molar-refractivity contribution is 1.07. The zero-order valence-electron chi connectivity index (χ0n) is 31.6. The van der Waals surface area contributed by atoms with Crippen LogP contribution in [0.15, 0.2) is 188 Å². The van der Waals surface area contributed by atoms with E-state index in [4.69, 9.17) is 15.0 Å². The van der Waals surface area contributed by atoms with Crippen LogP contribution < -0.4 is 0 Å². The largest absolute Gasteiger partial charge is 0.208 e.